The standard InChI is InChI=1S/C6H10.H3N/c1-4-5-2-6(4)3-5;/h4-6H,2-3H2,1H3;1H3. The minimum absolute atomic E-state index is 0. The van der Waals surface area contributed by atoms with Gasteiger partial charge >= 0.3 is 0 Å². The third-order valence-electron chi connectivity index (χ3n) is 2.70. The molecular weight excluding hydrogens is 86.1 g/mol. The van der Waals surface area contributed by atoms with Gasteiger partial charge in [-0.15, -0.1) is 0 Å². The summed E-state index contributed by atoms with van der Waals surface area (Å²) < 4.78 is 0. The minimum Gasteiger partial charge on any atom is -0.344 e. The largest absolute Gasteiger partial charge is 0.344 e. The number of rotatable bonds is 0. The van der Waals surface area contributed by atoms with Gasteiger partial charge in [0.1, 0.15) is 0 Å². The van der Waals surface area contributed by atoms with Gasteiger partial charge in [-0.25, -0.2) is 0 Å². The average molecular weight is 99.2 g/mol. The van der Waals surface area contributed by atoms with E-state index >= 15 is 0 Å². The molecule has 3 aliphatic rings. The molecule has 0 aliphatic heterocycles. The van der Waals surface area contributed by atoms with Crippen molar-refractivity contribution in [1.29, 1.82) is 0 Å². The molecule has 0 aromatic heterocycles. The fraction of sp³-hybridized carbons (Fsp3) is 1.00. The second-order valence-electron chi connectivity index (χ2n) is 2.85. The molecule has 7 heavy (non-hydrogen) atoms. The van der Waals surface area contributed by atoms with Crippen LogP contribution in [0, 0.1) is 17.8 Å². The van der Waals surface area contributed by atoms with Crippen LogP contribution in [0.4, 0.5) is 0 Å². The van der Waals surface area contributed by atoms with Gasteiger partial charge in [-0.2, -0.15) is 0 Å². The molecule has 3 fully saturated rings. The van der Waals surface area contributed by atoms with Gasteiger partial charge in [0.05, 0.1) is 0 Å². The molecule has 2 bridgehead atoms. The molecule has 0 saturated heterocycles. The zero-order valence-electron chi connectivity index (χ0n) is 4.85. The van der Waals surface area contributed by atoms with Crippen LogP contribution in [0.15, 0.2) is 0 Å². The van der Waals surface area contributed by atoms with E-state index in [2.05, 4.69) is 6.92 Å². The third kappa shape index (κ3) is 0.367. The minimum atomic E-state index is 0. The predicted molar refractivity (Wildman–Crippen MR) is 30.4 cm³/mol. The lowest BCUT2D eigenvalue weighted by Gasteiger charge is -2.56. The zero-order chi connectivity index (χ0) is 4.15. The van der Waals surface area contributed by atoms with E-state index in [1.807, 2.05) is 0 Å². The molecule has 3 N–H and O–H groups in total. The average Bonchev–Trinajstić information content (AvgIpc) is 1.28. The van der Waals surface area contributed by atoms with Crippen molar-refractivity contribution in [2.24, 2.45) is 17.8 Å². The third-order valence-corrected chi connectivity index (χ3v) is 2.70. The topological polar surface area (TPSA) is 35.0 Å². The summed E-state index contributed by atoms with van der Waals surface area (Å²) in [5.41, 5.74) is 0. The van der Waals surface area contributed by atoms with Gasteiger partial charge in [0.25, 0.3) is 0 Å². The summed E-state index contributed by atoms with van der Waals surface area (Å²) in [5.74, 6) is 3.48. The molecule has 42 valence electrons. The molecule has 0 amide bonds. The van der Waals surface area contributed by atoms with Crippen LogP contribution in [0.5, 0.6) is 0 Å². The quantitative estimate of drug-likeness (QED) is 0.494. The van der Waals surface area contributed by atoms with Crippen molar-refractivity contribution >= 4 is 0 Å². The molecule has 3 aliphatic carbocycles. The first-order valence-electron chi connectivity index (χ1n) is 2.88. The van der Waals surface area contributed by atoms with E-state index in [1.54, 1.807) is 12.8 Å². The van der Waals surface area contributed by atoms with Crippen LogP contribution < -0.4 is 6.15 Å². The number of hydrogen-bond acceptors (Lipinski definition) is 1. The first-order valence-corrected chi connectivity index (χ1v) is 2.88. The summed E-state index contributed by atoms with van der Waals surface area (Å²) in [6.45, 7) is 2.38. The molecule has 0 radical (unpaired) electrons. The van der Waals surface area contributed by atoms with Crippen LogP contribution in [-0.2, 0) is 0 Å². The van der Waals surface area contributed by atoms with Crippen molar-refractivity contribution in [3.05, 3.63) is 0 Å². The van der Waals surface area contributed by atoms with Crippen LogP contribution in [0.1, 0.15) is 19.8 Å². The highest BCUT2D eigenvalue weighted by Crippen LogP contribution is 2.57. The van der Waals surface area contributed by atoms with E-state index in [-0.39, 0.29) is 6.15 Å². The van der Waals surface area contributed by atoms with Gasteiger partial charge in [-0.05, 0) is 30.6 Å². The van der Waals surface area contributed by atoms with Crippen LogP contribution in [0.2, 0.25) is 0 Å². The molecule has 0 unspecified atom stereocenters. The smallest absolute Gasteiger partial charge is 0.0380 e. The highest BCUT2D eigenvalue weighted by atomic mass is 14.5. The van der Waals surface area contributed by atoms with E-state index in [0.717, 1.165) is 5.92 Å². The van der Waals surface area contributed by atoms with Crippen molar-refractivity contribution in [2.45, 2.75) is 19.8 Å². The second-order valence-corrected chi connectivity index (χ2v) is 2.85. The van der Waals surface area contributed by atoms with Crippen LogP contribution in [0.3, 0.4) is 0 Å². The molecule has 1 heteroatoms. The van der Waals surface area contributed by atoms with E-state index in [4.69, 9.17) is 0 Å². The van der Waals surface area contributed by atoms with Gasteiger partial charge < -0.3 is 6.15 Å². The lowest BCUT2D eigenvalue weighted by molar-refractivity contribution is -0.0673. The van der Waals surface area contributed by atoms with Crippen molar-refractivity contribution < 1.29 is 0 Å². The van der Waals surface area contributed by atoms with Crippen molar-refractivity contribution in [3.8, 4) is 0 Å². The Kier molecular flexibility index (Phi) is 0.890. The molecule has 0 atom stereocenters. The van der Waals surface area contributed by atoms with Gasteiger partial charge in [-0.3, -0.25) is 0 Å². The van der Waals surface area contributed by atoms with Crippen molar-refractivity contribution in [2.75, 3.05) is 0 Å². The summed E-state index contributed by atoms with van der Waals surface area (Å²) in [6.07, 6.45) is 3.14. The summed E-state index contributed by atoms with van der Waals surface area (Å²) in [7, 11) is 0. The molecule has 0 heterocycles. The van der Waals surface area contributed by atoms with Crippen LogP contribution >= 0.6 is 0 Å². The highest BCUT2D eigenvalue weighted by Gasteiger charge is 2.48. The Morgan fingerprint density at radius 3 is 1.43 bits per heavy atom. The Balaban J connectivity index is 0.000000245. The van der Waals surface area contributed by atoms with Gasteiger partial charge in [0.2, 0.25) is 0 Å². The fourth-order valence-electron chi connectivity index (χ4n) is 1.56. The van der Waals surface area contributed by atoms with Gasteiger partial charge in [0, 0.05) is 0 Å². The molecule has 3 saturated carbocycles. The molecule has 1 nitrogen and oxygen atoms in total. The second kappa shape index (κ2) is 1.22. The van der Waals surface area contributed by atoms with Crippen LogP contribution in [-0.4, -0.2) is 0 Å². The molecule has 0 aromatic rings. The van der Waals surface area contributed by atoms with E-state index in [1.165, 1.54) is 11.8 Å². The predicted octanol–water partition coefficient (Wildman–Crippen LogP) is 1.82. The van der Waals surface area contributed by atoms with E-state index in [0.29, 0.717) is 0 Å². The molecule has 3 rings (SSSR count). The van der Waals surface area contributed by atoms with Crippen LogP contribution in [0.25, 0.3) is 0 Å². The van der Waals surface area contributed by atoms with Gasteiger partial charge in [-0.1, -0.05) is 6.92 Å². The molecular formula is C6H13N. The highest BCUT2D eigenvalue weighted by molar-refractivity contribution is 4.98. The lowest BCUT2D eigenvalue weighted by atomic mass is 9.49. The number of hydrogen-bond donors (Lipinski definition) is 1. The maximum atomic E-state index is 2.38. The SMILES string of the molecule is CC1C2CC1C2.N. The monoisotopic (exact) mass is 99.1 g/mol. The summed E-state index contributed by atoms with van der Waals surface area (Å²) in [4.78, 5) is 0. The first-order chi connectivity index (χ1) is 2.88. The molecule has 0 spiro atoms. The maximum absolute atomic E-state index is 2.38. The first kappa shape index (κ1) is 5.10. The lowest BCUT2D eigenvalue weighted by Crippen LogP contribution is -2.48. The Labute approximate surface area is 44.7 Å². The normalized spacial score (nSPS) is 53.6. The Bertz CT molecular complexity index is 66.2. The maximum Gasteiger partial charge on any atom is -0.0380 e. The van der Waals surface area contributed by atoms with Crippen molar-refractivity contribution in [3.63, 3.8) is 0 Å². The Morgan fingerprint density at radius 1 is 1.14 bits per heavy atom. The fourth-order valence-corrected chi connectivity index (χ4v) is 1.56. The Morgan fingerprint density at radius 2 is 1.43 bits per heavy atom. The zero-order valence-corrected chi connectivity index (χ0v) is 4.85. The van der Waals surface area contributed by atoms with E-state index in [9.17, 15) is 0 Å². The Hall–Kier alpha value is -0.0400. The molecule has 0 aromatic carbocycles. The summed E-state index contributed by atoms with van der Waals surface area (Å²) in [6, 6.07) is 0. The van der Waals surface area contributed by atoms with E-state index < -0.39 is 0 Å². The van der Waals surface area contributed by atoms with Gasteiger partial charge in [0.15, 0.2) is 0 Å². The van der Waals surface area contributed by atoms with Crippen molar-refractivity contribution in [1.82, 2.24) is 6.15 Å². The summed E-state index contributed by atoms with van der Waals surface area (Å²) in [5, 5.41) is 0. The summed E-state index contributed by atoms with van der Waals surface area (Å²) >= 11 is 0.